The van der Waals surface area contributed by atoms with E-state index in [-0.39, 0.29) is 36.1 Å². The number of nitrogens with zero attached hydrogens (tertiary/aromatic N) is 1. The van der Waals surface area contributed by atoms with Crippen molar-refractivity contribution in [3.63, 3.8) is 0 Å². The Labute approximate surface area is 183 Å². The third-order valence-electron chi connectivity index (χ3n) is 5.08. The number of nitrogens with one attached hydrogen (secondary N) is 1. The summed E-state index contributed by atoms with van der Waals surface area (Å²) in [7, 11) is 0. The van der Waals surface area contributed by atoms with E-state index in [1.165, 1.54) is 16.7 Å². The van der Waals surface area contributed by atoms with Crippen LogP contribution in [0.5, 0.6) is 11.5 Å². The Balaban J connectivity index is 0.00000225. The first-order chi connectivity index (χ1) is 13.0. The molecule has 1 heterocycles. The number of fused-ring (bicyclic) bond motifs is 1. The van der Waals surface area contributed by atoms with Crippen LogP contribution in [0, 0.1) is 6.92 Å². The molecule has 28 heavy (non-hydrogen) atoms. The fourth-order valence-corrected chi connectivity index (χ4v) is 3.77. The number of halogens is 1. The predicted octanol–water partition coefficient (Wildman–Crippen LogP) is 4.62. The maximum absolute atomic E-state index is 6.13. The van der Waals surface area contributed by atoms with E-state index >= 15 is 0 Å². The summed E-state index contributed by atoms with van der Waals surface area (Å²) < 4.78 is 11.8. The molecule has 3 N–H and O–H groups in total. The van der Waals surface area contributed by atoms with Gasteiger partial charge >= 0.3 is 0 Å². The van der Waals surface area contributed by atoms with Gasteiger partial charge in [-0.25, -0.2) is 4.99 Å². The van der Waals surface area contributed by atoms with Gasteiger partial charge in [0.05, 0.1) is 12.6 Å². The van der Waals surface area contributed by atoms with Gasteiger partial charge in [-0.1, -0.05) is 12.1 Å². The predicted molar refractivity (Wildman–Crippen MR) is 124 cm³/mol. The van der Waals surface area contributed by atoms with Gasteiger partial charge in [-0.2, -0.15) is 0 Å². The Kier molecular flexibility index (Phi) is 6.37. The number of anilines is 1. The first-order valence-corrected chi connectivity index (χ1v) is 9.66. The van der Waals surface area contributed by atoms with Crippen LogP contribution in [0.2, 0.25) is 0 Å². The molecule has 3 unspecified atom stereocenters. The molecule has 4 rings (SSSR count). The highest BCUT2D eigenvalue weighted by molar-refractivity contribution is 14.0. The number of rotatable bonds is 5. The molecule has 0 bridgehead atoms. The molecule has 5 nitrogen and oxygen atoms in total. The number of aryl methyl sites for hydroxylation is 1. The first-order valence-electron chi connectivity index (χ1n) is 9.66. The summed E-state index contributed by atoms with van der Waals surface area (Å²) in [6.45, 7) is 6.83. The van der Waals surface area contributed by atoms with Crippen LogP contribution in [0.15, 0.2) is 41.4 Å². The molecule has 3 atom stereocenters. The summed E-state index contributed by atoms with van der Waals surface area (Å²) in [6, 6.07) is 12.6. The second-order valence-corrected chi connectivity index (χ2v) is 7.48. The Morgan fingerprint density at radius 1 is 1.32 bits per heavy atom. The Morgan fingerprint density at radius 3 is 2.89 bits per heavy atom. The molecule has 1 fully saturated rings. The molecule has 0 saturated heterocycles. The van der Waals surface area contributed by atoms with E-state index in [1.54, 1.807) is 0 Å². The zero-order valence-corrected chi connectivity index (χ0v) is 18.9. The van der Waals surface area contributed by atoms with Crippen LogP contribution in [0.1, 0.15) is 42.9 Å². The lowest BCUT2D eigenvalue weighted by Gasteiger charge is -2.12. The van der Waals surface area contributed by atoms with E-state index in [2.05, 4.69) is 48.4 Å². The topological polar surface area (TPSA) is 68.9 Å². The van der Waals surface area contributed by atoms with Gasteiger partial charge in [0.1, 0.15) is 17.6 Å². The van der Waals surface area contributed by atoms with Crippen molar-refractivity contribution in [1.82, 2.24) is 0 Å². The zero-order valence-electron chi connectivity index (χ0n) is 16.6. The number of hydrogen-bond acceptors (Lipinski definition) is 3. The summed E-state index contributed by atoms with van der Waals surface area (Å²) >= 11 is 0. The van der Waals surface area contributed by atoms with Crippen molar-refractivity contribution in [2.45, 2.75) is 51.7 Å². The van der Waals surface area contributed by atoms with E-state index in [4.69, 9.17) is 15.2 Å². The van der Waals surface area contributed by atoms with E-state index in [0.29, 0.717) is 18.5 Å². The van der Waals surface area contributed by atoms with Gasteiger partial charge in [0.2, 0.25) is 0 Å². The molecule has 0 aromatic heterocycles. The fourth-order valence-electron chi connectivity index (χ4n) is 3.77. The molecule has 2 aliphatic rings. The number of benzene rings is 2. The van der Waals surface area contributed by atoms with Crippen LogP contribution in [-0.2, 0) is 6.42 Å². The molecule has 1 aliphatic heterocycles. The summed E-state index contributed by atoms with van der Waals surface area (Å²) in [5, 5.41) is 3.19. The van der Waals surface area contributed by atoms with Gasteiger partial charge in [0.25, 0.3) is 0 Å². The van der Waals surface area contributed by atoms with Crippen LogP contribution in [0.25, 0.3) is 0 Å². The highest BCUT2D eigenvalue weighted by atomic mass is 127. The van der Waals surface area contributed by atoms with E-state index in [0.717, 1.165) is 30.0 Å². The van der Waals surface area contributed by atoms with E-state index < -0.39 is 0 Å². The number of aliphatic imine (C=N–C) groups is 1. The van der Waals surface area contributed by atoms with Gasteiger partial charge in [0, 0.05) is 29.2 Å². The van der Waals surface area contributed by atoms with Crippen molar-refractivity contribution < 1.29 is 9.47 Å². The van der Waals surface area contributed by atoms with Gasteiger partial charge < -0.3 is 20.5 Å². The van der Waals surface area contributed by atoms with Gasteiger partial charge in [0.15, 0.2) is 5.96 Å². The van der Waals surface area contributed by atoms with Crippen LogP contribution in [0.4, 0.5) is 5.69 Å². The summed E-state index contributed by atoms with van der Waals surface area (Å²) in [5.74, 6) is 2.73. The average Bonchev–Trinajstić information content (AvgIpc) is 3.25. The zero-order chi connectivity index (χ0) is 19.0. The highest BCUT2D eigenvalue weighted by Gasteiger charge is 2.41. The number of nitrogens with two attached hydrogens (primary N) is 1. The third kappa shape index (κ3) is 4.54. The van der Waals surface area contributed by atoms with Crippen molar-refractivity contribution >= 4 is 35.6 Å². The normalized spacial score (nSPS) is 22.7. The monoisotopic (exact) mass is 493 g/mol. The highest BCUT2D eigenvalue weighted by Crippen LogP contribution is 2.49. The number of ether oxygens (including phenoxy) is 2. The van der Waals surface area contributed by atoms with Crippen molar-refractivity contribution in [2.24, 2.45) is 10.7 Å². The van der Waals surface area contributed by atoms with Crippen LogP contribution in [-0.4, -0.2) is 24.7 Å². The van der Waals surface area contributed by atoms with Crippen molar-refractivity contribution in [1.29, 1.82) is 0 Å². The summed E-state index contributed by atoms with van der Waals surface area (Å²) in [4.78, 5) is 4.67. The number of hydrogen-bond donors (Lipinski definition) is 2. The summed E-state index contributed by atoms with van der Waals surface area (Å²) in [5.41, 5.74) is 10.7. The minimum Gasteiger partial charge on any atom is -0.494 e. The molecular weight excluding hydrogens is 465 g/mol. The minimum absolute atomic E-state index is 0. The second-order valence-electron chi connectivity index (χ2n) is 7.48. The maximum atomic E-state index is 6.13. The Bertz CT molecular complexity index is 884. The molecule has 150 valence electrons. The van der Waals surface area contributed by atoms with E-state index in [1.807, 2.05) is 19.1 Å². The molecule has 0 radical (unpaired) electrons. The van der Waals surface area contributed by atoms with Crippen molar-refractivity contribution in [2.75, 3.05) is 11.9 Å². The number of guanidine groups is 1. The van der Waals surface area contributed by atoms with Crippen molar-refractivity contribution in [3.8, 4) is 11.5 Å². The smallest absolute Gasteiger partial charge is 0.193 e. The lowest BCUT2D eigenvalue weighted by atomic mass is 10.0. The minimum atomic E-state index is 0. The molecule has 0 spiro atoms. The lowest BCUT2D eigenvalue weighted by molar-refractivity contribution is 0.254. The second kappa shape index (κ2) is 8.59. The summed E-state index contributed by atoms with van der Waals surface area (Å²) in [6.07, 6.45) is 2.15. The lowest BCUT2D eigenvalue weighted by Crippen LogP contribution is -2.23. The van der Waals surface area contributed by atoms with Gasteiger partial charge in [-0.05, 0) is 57.0 Å². The first kappa shape index (κ1) is 20.8. The van der Waals surface area contributed by atoms with Gasteiger partial charge in [-0.3, -0.25) is 0 Å². The van der Waals surface area contributed by atoms with Crippen molar-refractivity contribution in [3.05, 3.63) is 53.1 Å². The molecular formula is C22H28IN3O2. The molecule has 0 amide bonds. The SMILES string of the molecule is CCOc1cc2c(cc1C1CC1N=C(N)Nc1cccc(C)c1)OC(C)C2.I. The molecule has 2 aromatic carbocycles. The molecule has 2 aromatic rings. The fraction of sp³-hybridized carbons (Fsp3) is 0.409. The van der Waals surface area contributed by atoms with Crippen LogP contribution >= 0.6 is 24.0 Å². The average molecular weight is 493 g/mol. The molecule has 6 heteroatoms. The maximum Gasteiger partial charge on any atom is 0.193 e. The third-order valence-corrected chi connectivity index (χ3v) is 5.08. The van der Waals surface area contributed by atoms with Crippen LogP contribution in [0.3, 0.4) is 0 Å². The largest absolute Gasteiger partial charge is 0.494 e. The standard InChI is InChI=1S/C22H27N3O2.HI/c1-4-26-21-10-15-9-14(3)27-20(15)12-18(21)17-11-19(17)25-22(23)24-16-7-5-6-13(2)8-16;/h5-8,10,12,14,17,19H,4,9,11H2,1-3H3,(H3,23,24,25);1H. The Morgan fingerprint density at radius 2 is 2.14 bits per heavy atom. The Hall–Kier alpha value is -1.96. The van der Waals surface area contributed by atoms with E-state index in [9.17, 15) is 0 Å². The molecule has 1 aliphatic carbocycles. The molecule has 1 saturated carbocycles. The van der Waals surface area contributed by atoms with Gasteiger partial charge in [-0.15, -0.1) is 24.0 Å². The quantitative estimate of drug-likeness (QED) is 0.363. The van der Waals surface area contributed by atoms with Crippen LogP contribution < -0.4 is 20.5 Å².